The van der Waals surface area contributed by atoms with Gasteiger partial charge in [-0.1, -0.05) is 12.1 Å². The lowest BCUT2D eigenvalue weighted by atomic mass is 9.97. The topological polar surface area (TPSA) is 76.0 Å². The van der Waals surface area contributed by atoms with Gasteiger partial charge in [0.05, 0.1) is 7.11 Å². The number of methoxy groups -OCH3 is 1. The smallest absolute Gasteiger partial charge is 0.199 e. The van der Waals surface area contributed by atoms with Gasteiger partial charge in [-0.2, -0.15) is 0 Å². The fourth-order valence-corrected chi connectivity index (χ4v) is 2.30. The summed E-state index contributed by atoms with van der Waals surface area (Å²) < 4.78 is 10.6. The van der Waals surface area contributed by atoms with Gasteiger partial charge in [-0.25, -0.2) is 0 Å². The van der Waals surface area contributed by atoms with Gasteiger partial charge < -0.3 is 19.7 Å². The minimum Gasteiger partial charge on any atom is -0.508 e. The van der Waals surface area contributed by atoms with E-state index in [9.17, 15) is 15.0 Å². The number of rotatable bonds is 2. The van der Waals surface area contributed by atoms with E-state index >= 15 is 0 Å². The molecule has 112 valence electrons. The van der Waals surface area contributed by atoms with Gasteiger partial charge in [0.1, 0.15) is 35.2 Å². The summed E-state index contributed by atoms with van der Waals surface area (Å²) in [5, 5.41) is 19.3. The van der Waals surface area contributed by atoms with Crippen molar-refractivity contribution in [3.8, 4) is 23.0 Å². The fraction of sp³-hybridized carbons (Fsp3) is 0.118. The summed E-state index contributed by atoms with van der Waals surface area (Å²) in [6.45, 7) is 0.110. The number of Topliss-reactive ketones (excluding diaryl/α,β-unsaturated/α-hetero) is 1. The van der Waals surface area contributed by atoms with Gasteiger partial charge in [0, 0.05) is 17.7 Å². The highest BCUT2D eigenvalue weighted by atomic mass is 16.5. The van der Waals surface area contributed by atoms with Crippen LogP contribution in [0.5, 0.6) is 23.0 Å². The second-order valence-corrected chi connectivity index (χ2v) is 4.90. The third kappa shape index (κ3) is 2.48. The van der Waals surface area contributed by atoms with Crippen molar-refractivity contribution in [3.05, 3.63) is 53.1 Å². The van der Waals surface area contributed by atoms with E-state index < -0.39 is 0 Å². The molecule has 0 aromatic heterocycles. The summed E-state index contributed by atoms with van der Waals surface area (Å²) in [6, 6.07) is 9.42. The molecule has 2 N–H and O–H groups in total. The molecular weight excluding hydrogens is 284 g/mol. The Morgan fingerprint density at radius 3 is 2.59 bits per heavy atom. The summed E-state index contributed by atoms with van der Waals surface area (Å²) in [5.41, 5.74) is 1.33. The van der Waals surface area contributed by atoms with E-state index in [0.717, 1.165) is 5.56 Å². The van der Waals surface area contributed by atoms with Gasteiger partial charge in [0.25, 0.3) is 0 Å². The summed E-state index contributed by atoms with van der Waals surface area (Å²) in [4.78, 5) is 12.5. The van der Waals surface area contributed by atoms with Crippen molar-refractivity contribution < 1.29 is 24.5 Å². The normalized spacial score (nSPS) is 15.3. The Kier molecular flexibility index (Phi) is 3.47. The van der Waals surface area contributed by atoms with Crippen LogP contribution in [0.3, 0.4) is 0 Å². The fourth-order valence-electron chi connectivity index (χ4n) is 2.30. The molecule has 1 aliphatic rings. The zero-order valence-electron chi connectivity index (χ0n) is 11.9. The van der Waals surface area contributed by atoms with Crippen LogP contribution in [0, 0.1) is 0 Å². The highest BCUT2D eigenvalue weighted by Crippen LogP contribution is 2.38. The molecule has 5 heteroatoms. The molecule has 1 aliphatic heterocycles. The van der Waals surface area contributed by atoms with Gasteiger partial charge >= 0.3 is 0 Å². The lowest BCUT2D eigenvalue weighted by molar-refractivity contribution is 0.0997. The van der Waals surface area contributed by atoms with Crippen LogP contribution in [0.15, 0.2) is 42.0 Å². The number of ketones is 1. The number of carbonyl (C=O) groups excluding carboxylic acids is 1. The monoisotopic (exact) mass is 298 g/mol. The van der Waals surface area contributed by atoms with Crippen molar-refractivity contribution in [2.24, 2.45) is 0 Å². The molecule has 0 aliphatic carbocycles. The summed E-state index contributed by atoms with van der Waals surface area (Å²) in [7, 11) is 1.47. The van der Waals surface area contributed by atoms with Crippen LogP contribution in [0.2, 0.25) is 0 Å². The maximum Gasteiger partial charge on any atom is 0.199 e. The van der Waals surface area contributed by atoms with Crippen molar-refractivity contribution in [1.82, 2.24) is 0 Å². The van der Waals surface area contributed by atoms with Gasteiger partial charge in [-0.05, 0) is 23.8 Å². The number of aromatic hydroxyl groups is 2. The molecule has 1 heterocycles. The van der Waals surface area contributed by atoms with E-state index in [0.29, 0.717) is 17.1 Å². The Balaban J connectivity index is 1.99. The van der Waals surface area contributed by atoms with Gasteiger partial charge in [0.15, 0.2) is 5.78 Å². The highest BCUT2D eigenvalue weighted by molar-refractivity contribution is 6.15. The van der Waals surface area contributed by atoms with Crippen LogP contribution in [0.25, 0.3) is 6.08 Å². The summed E-state index contributed by atoms with van der Waals surface area (Å²) >= 11 is 0. The van der Waals surface area contributed by atoms with Crippen molar-refractivity contribution in [1.29, 1.82) is 0 Å². The number of carbonyl (C=O) groups is 1. The van der Waals surface area contributed by atoms with Gasteiger partial charge in [0.2, 0.25) is 0 Å². The van der Waals surface area contributed by atoms with E-state index in [-0.39, 0.29) is 29.5 Å². The zero-order valence-corrected chi connectivity index (χ0v) is 11.9. The first-order valence-electron chi connectivity index (χ1n) is 6.66. The number of benzene rings is 2. The number of hydrogen-bond donors (Lipinski definition) is 2. The van der Waals surface area contributed by atoms with Gasteiger partial charge in [-0.3, -0.25) is 4.79 Å². The Morgan fingerprint density at radius 1 is 1.18 bits per heavy atom. The molecule has 0 fully saturated rings. The summed E-state index contributed by atoms with van der Waals surface area (Å²) in [6.07, 6.45) is 1.67. The van der Waals surface area contributed by atoms with Crippen LogP contribution < -0.4 is 9.47 Å². The highest BCUT2D eigenvalue weighted by Gasteiger charge is 2.27. The Morgan fingerprint density at radius 2 is 1.91 bits per heavy atom. The minimum atomic E-state index is -0.283. The number of phenols is 2. The second kappa shape index (κ2) is 5.44. The predicted molar refractivity (Wildman–Crippen MR) is 80.6 cm³/mol. The van der Waals surface area contributed by atoms with Gasteiger partial charge in [-0.15, -0.1) is 0 Å². The first kappa shape index (κ1) is 14.0. The van der Waals surface area contributed by atoms with Crippen molar-refractivity contribution in [3.63, 3.8) is 0 Å². The number of phenolic OH excluding ortho intramolecular Hbond substituents is 2. The standard InChI is InChI=1S/C17H14O5/c1-21-13-7-14(19)16-15(8-13)22-9-11(17(16)20)6-10-2-4-12(18)5-3-10/h2-8,18-19H,9H2,1H3/b11-6-. The van der Waals surface area contributed by atoms with Crippen LogP contribution in [0.4, 0.5) is 0 Å². The van der Waals surface area contributed by atoms with E-state index in [4.69, 9.17) is 9.47 Å². The Hall–Kier alpha value is -2.95. The molecule has 0 spiro atoms. The van der Waals surface area contributed by atoms with Crippen molar-refractivity contribution in [2.45, 2.75) is 0 Å². The third-order valence-electron chi connectivity index (χ3n) is 3.43. The Labute approximate surface area is 127 Å². The first-order chi connectivity index (χ1) is 10.6. The molecule has 0 unspecified atom stereocenters. The van der Waals surface area contributed by atoms with Crippen LogP contribution in [0.1, 0.15) is 15.9 Å². The maximum absolute atomic E-state index is 12.5. The van der Waals surface area contributed by atoms with Crippen molar-refractivity contribution in [2.75, 3.05) is 13.7 Å². The largest absolute Gasteiger partial charge is 0.508 e. The van der Waals surface area contributed by atoms with Crippen LogP contribution >= 0.6 is 0 Å². The van der Waals surface area contributed by atoms with E-state index in [1.165, 1.54) is 25.3 Å². The molecule has 0 atom stereocenters. The molecule has 0 saturated carbocycles. The first-order valence-corrected chi connectivity index (χ1v) is 6.66. The molecule has 5 nitrogen and oxygen atoms in total. The molecule has 0 amide bonds. The molecular formula is C17H14O5. The molecule has 0 saturated heterocycles. The van der Waals surface area contributed by atoms with Crippen LogP contribution in [-0.4, -0.2) is 29.7 Å². The van der Waals surface area contributed by atoms with Crippen molar-refractivity contribution >= 4 is 11.9 Å². The van der Waals surface area contributed by atoms with Crippen LogP contribution in [-0.2, 0) is 0 Å². The number of fused-ring (bicyclic) bond motifs is 1. The molecule has 0 bridgehead atoms. The lowest BCUT2D eigenvalue weighted by Crippen LogP contribution is -2.19. The maximum atomic E-state index is 12.5. The van der Waals surface area contributed by atoms with E-state index in [2.05, 4.69) is 0 Å². The average molecular weight is 298 g/mol. The number of ether oxygens (including phenoxy) is 2. The molecule has 0 radical (unpaired) electrons. The third-order valence-corrected chi connectivity index (χ3v) is 3.43. The molecule has 2 aromatic carbocycles. The van der Waals surface area contributed by atoms with E-state index in [1.807, 2.05) is 0 Å². The molecule has 2 aromatic rings. The lowest BCUT2D eigenvalue weighted by Gasteiger charge is -2.20. The average Bonchev–Trinajstić information content (AvgIpc) is 2.51. The molecule has 3 rings (SSSR count). The summed E-state index contributed by atoms with van der Waals surface area (Å²) in [5.74, 6) is 0.438. The molecule has 22 heavy (non-hydrogen) atoms. The quantitative estimate of drug-likeness (QED) is 0.834. The zero-order chi connectivity index (χ0) is 15.7. The van der Waals surface area contributed by atoms with E-state index in [1.54, 1.807) is 24.3 Å². The second-order valence-electron chi connectivity index (χ2n) is 4.90. The predicted octanol–water partition coefficient (Wildman–Crippen LogP) is 2.77. The SMILES string of the molecule is COc1cc(O)c2c(c1)OC/C(=C/c1ccc(O)cc1)C2=O. The number of hydrogen-bond acceptors (Lipinski definition) is 5. The Bertz CT molecular complexity index is 759. The minimum absolute atomic E-state index is 0.110.